The van der Waals surface area contributed by atoms with Crippen LogP contribution in [0, 0.1) is 6.92 Å². The summed E-state index contributed by atoms with van der Waals surface area (Å²) in [5.74, 6) is 0.496. The van der Waals surface area contributed by atoms with E-state index in [2.05, 4.69) is 69.7 Å². The number of allylic oxidation sites excluding steroid dienone is 1. The van der Waals surface area contributed by atoms with Crippen LogP contribution in [0.1, 0.15) is 27.9 Å². The van der Waals surface area contributed by atoms with Crippen molar-refractivity contribution < 1.29 is 8.42 Å². The van der Waals surface area contributed by atoms with E-state index in [0.29, 0.717) is 17.9 Å². The van der Waals surface area contributed by atoms with E-state index >= 15 is 0 Å². The first-order chi connectivity index (χ1) is 21.1. The van der Waals surface area contributed by atoms with Gasteiger partial charge in [0.05, 0.1) is 10.6 Å². The Morgan fingerprint density at radius 2 is 1.36 bits per heavy atom. The van der Waals surface area contributed by atoms with Gasteiger partial charge in [-0.05, 0) is 66.6 Å². The zero-order chi connectivity index (χ0) is 31.1. The van der Waals surface area contributed by atoms with Crippen LogP contribution in [0.5, 0.6) is 0 Å². The second kappa shape index (κ2) is 11.4. The summed E-state index contributed by atoms with van der Waals surface area (Å²) in [6.07, 6.45) is 4.63. The number of para-hydroxylation sites is 1. The average Bonchev–Trinajstić information content (AvgIpc) is 3.39. The monoisotopic (exact) mass is 603 g/mol. The van der Waals surface area contributed by atoms with E-state index in [0.717, 1.165) is 39.3 Å². The molecule has 5 aromatic rings. The van der Waals surface area contributed by atoms with E-state index < -0.39 is 15.4 Å². The van der Waals surface area contributed by atoms with Crippen molar-refractivity contribution in [3.05, 3.63) is 137 Å². The van der Waals surface area contributed by atoms with Crippen LogP contribution >= 0.6 is 0 Å². The van der Waals surface area contributed by atoms with Gasteiger partial charge >= 0.3 is 0 Å². The molecule has 0 aliphatic heterocycles. The number of hydrogen-bond acceptors (Lipinski definition) is 6. The summed E-state index contributed by atoms with van der Waals surface area (Å²) in [6, 6.07) is 33.6. The molecule has 1 aliphatic rings. The standard InChI is InChI=1S/C36H37N5O2S/c1-26-17-19-32(20-18-26)44(42,43)41-34-25-36(27-11-9-15-30(23-27)39(2)3,28-12-10-16-31(24-28)40(4)5)22-21-33(34)35(38-41)37-29-13-7-6-8-14-29/h6-24H,25H2,1-5H3,(H,37,38). The second-order valence-electron chi connectivity index (χ2n) is 11.7. The van der Waals surface area contributed by atoms with Gasteiger partial charge in [0, 0.05) is 62.7 Å². The fourth-order valence-corrected chi connectivity index (χ4v) is 7.10. The Morgan fingerprint density at radius 3 is 1.93 bits per heavy atom. The zero-order valence-electron chi connectivity index (χ0n) is 25.7. The van der Waals surface area contributed by atoms with Crippen molar-refractivity contribution in [1.82, 2.24) is 9.19 Å². The Labute approximate surface area is 260 Å². The number of benzene rings is 4. The molecule has 44 heavy (non-hydrogen) atoms. The molecular formula is C36H37N5O2S. The maximum atomic E-state index is 14.3. The van der Waals surface area contributed by atoms with Crippen LogP contribution in [0.2, 0.25) is 0 Å². The number of aryl methyl sites for hydroxylation is 1. The summed E-state index contributed by atoms with van der Waals surface area (Å²) < 4.78 is 29.8. The van der Waals surface area contributed by atoms with Gasteiger partial charge in [-0.2, -0.15) is 12.5 Å². The van der Waals surface area contributed by atoms with Crippen LogP contribution in [0.4, 0.5) is 22.9 Å². The summed E-state index contributed by atoms with van der Waals surface area (Å²) in [4.78, 5) is 4.36. The van der Waals surface area contributed by atoms with Crippen molar-refractivity contribution in [2.24, 2.45) is 0 Å². The van der Waals surface area contributed by atoms with E-state index in [9.17, 15) is 8.42 Å². The lowest BCUT2D eigenvalue weighted by atomic mass is 9.68. The minimum atomic E-state index is -4.01. The third-order valence-corrected chi connectivity index (χ3v) is 9.93. The van der Waals surface area contributed by atoms with E-state index in [4.69, 9.17) is 5.10 Å². The number of nitrogens with one attached hydrogen (secondary N) is 1. The third kappa shape index (κ3) is 5.26. The molecule has 4 aromatic carbocycles. The van der Waals surface area contributed by atoms with Crippen LogP contribution in [-0.4, -0.2) is 45.8 Å². The minimum Gasteiger partial charge on any atom is -0.378 e. The second-order valence-corrected chi connectivity index (χ2v) is 13.5. The van der Waals surface area contributed by atoms with Crippen molar-refractivity contribution in [3.63, 3.8) is 0 Å². The molecule has 1 aromatic heterocycles. The highest BCUT2D eigenvalue weighted by molar-refractivity contribution is 7.89. The van der Waals surface area contributed by atoms with Gasteiger partial charge in [0.15, 0.2) is 5.82 Å². The summed E-state index contributed by atoms with van der Waals surface area (Å²) in [5, 5.41) is 8.13. The van der Waals surface area contributed by atoms with Crippen molar-refractivity contribution in [3.8, 4) is 0 Å². The lowest BCUT2D eigenvalue weighted by Gasteiger charge is -2.36. The first-order valence-corrected chi connectivity index (χ1v) is 16.0. The molecule has 1 heterocycles. The lowest BCUT2D eigenvalue weighted by Crippen LogP contribution is -2.33. The predicted molar refractivity (Wildman–Crippen MR) is 181 cm³/mol. The molecule has 0 atom stereocenters. The Balaban J connectivity index is 1.59. The van der Waals surface area contributed by atoms with Gasteiger partial charge in [-0.3, -0.25) is 0 Å². The quantitative estimate of drug-likeness (QED) is 0.209. The number of nitrogens with zero attached hydrogens (tertiary/aromatic N) is 4. The molecule has 0 bridgehead atoms. The van der Waals surface area contributed by atoms with E-state index in [1.807, 2.05) is 83.7 Å². The van der Waals surface area contributed by atoms with Gasteiger partial charge in [0.2, 0.25) is 0 Å². The summed E-state index contributed by atoms with van der Waals surface area (Å²) in [6.45, 7) is 1.94. The maximum absolute atomic E-state index is 14.3. The highest BCUT2D eigenvalue weighted by atomic mass is 32.2. The fraction of sp³-hybridized carbons (Fsp3) is 0.194. The topological polar surface area (TPSA) is 70.5 Å². The molecule has 0 spiro atoms. The first kappa shape index (κ1) is 29.3. The van der Waals surface area contributed by atoms with Gasteiger partial charge in [0.25, 0.3) is 10.0 Å². The van der Waals surface area contributed by atoms with Crippen LogP contribution in [-0.2, 0) is 21.9 Å². The van der Waals surface area contributed by atoms with Gasteiger partial charge < -0.3 is 15.1 Å². The molecular weight excluding hydrogens is 566 g/mol. The normalized spacial score (nSPS) is 13.8. The lowest BCUT2D eigenvalue weighted by molar-refractivity contribution is 0.565. The SMILES string of the molecule is Cc1ccc(S(=O)(=O)n2nc(Nc3ccccc3)c3c2CC(c2cccc(N(C)C)c2)(c2cccc(N(C)C)c2)C=C3)cc1. The Bertz CT molecular complexity index is 1890. The Morgan fingerprint density at radius 1 is 0.773 bits per heavy atom. The third-order valence-electron chi connectivity index (χ3n) is 8.31. The number of rotatable bonds is 8. The van der Waals surface area contributed by atoms with Crippen LogP contribution < -0.4 is 15.1 Å². The minimum absolute atomic E-state index is 0.198. The van der Waals surface area contributed by atoms with Crippen molar-refractivity contribution in [2.45, 2.75) is 23.7 Å². The molecule has 0 fully saturated rings. The molecule has 0 saturated heterocycles. The van der Waals surface area contributed by atoms with E-state index in [1.165, 1.54) is 4.09 Å². The summed E-state index contributed by atoms with van der Waals surface area (Å²) >= 11 is 0. The van der Waals surface area contributed by atoms with Gasteiger partial charge in [-0.15, -0.1) is 5.10 Å². The number of fused-ring (bicyclic) bond motifs is 1. The molecule has 0 saturated carbocycles. The van der Waals surface area contributed by atoms with E-state index in [1.54, 1.807) is 12.1 Å². The summed E-state index contributed by atoms with van der Waals surface area (Å²) in [5.41, 5.74) is 6.81. The van der Waals surface area contributed by atoms with Crippen molar-refractivity contribution in [2.75, 3.05) is 43.3 Å². The largest absolute Gasteiger partial charge is 0.378 e. The molecule has 0 unspecified atom stereocenters. The Kier molecular flexibility index (Phi) is 7.55. The molecule has 7 nitrogen and oxygen atoms in total. The fourth-order valence-electron chi connectivity index (χ4n) is 5.78. The van der Waals surface area contributed by atoms with Crippen molar-refractivity contribution >= 4 is 39.0 Å². The molecule has 6 rings (SSSR count). The van der Waals surface area contributed by atoms with Crippen LogP contribution in [0.15, 0.2) is 114 Å². The van der Waals surface area contributed by atoms with E-state index in [-0.39, 0.29) is 4.90 Å². The smallest absolute Gasteiger partial charge is 0.283 e. The number of hydrogen-bond donors (Lipinski definition) is 1. The highest BCUT2D eigenvalue weighted by Gasteiger charge is 2.40. The number of anilines is 4. The van der Waals surface area contributed by atoms with Gasteiger partial charge in [-0.25, -0.2) is 0 Å². The first-order valence-electron chi connectivity index (χ1n) is 14.6. The van der Waals surface area contributed by atoms with Gasteiger partial charge in [0.1, 0.15) is 0 Å². The number of aromatic nitrogens is 2. The maximum Gasteiger partial charge on any atom is 0.283 e. The van der Waals surface area contributed by atoms with Crippen LogP contribution in [0.25, 0.3) is 6.08 Å². The van der Waals surface area contributed by atoms with Gasteiger partial charge in [-0.1, -0.05) is 72.3 Å². The molecule has 1 aliphatic carbocycles. The van der Waals surface area contributed by atoms with Crippen LogP contribution in [0.3, 0.4) is 0 Å². The predicted octanol–water partition coefficient (Wildman–Crippen LogP) is 6.86. The molecule has 0 radical (unpaired) electrons. The Hall–Kier alpha value is -4.82. The average molecular weight is 604 g/mol. The zero-order valence-corrected chi connectivity index (χ0v) is 26.5. The summed E-state index contributed by atoms with van der Waals surface area (Å²) in [7, 11) is 4.09. The molecule has 1 N–H and O–H groups in total. The molecule has 224 valence electrons. The highest BCUT2D eigenvalue weighted by Crippen LogP contribution is 2.45. The molecule has 8 heteroatoms. The van der Waals surface area contributed by atoms with Crippen molar-refractivity contribution in [1.29, 1.82) is 0 Å². The molecule has 0 amide bonds.